The third-order valence-electron chi connectivity index (χ3n) is 6.14. The predicted octanol–water partition coefficient (Wildman–Crippen LogP) is 4.53. The molecule has 1 N–H and O–H groups in total. The summed E-state index contributed by atoms with van der Waals surface area (Å²) < 4.78 is 75.9. The molecule has 0 saturated carbocycles. The number of ether oxygens (including phenoxy) is 1. The molecule has 34 heavy (non-hydrogen) atoms. The first-order valence-corrected chi connectivity index (χ1v) is 12.2. The van der Waals surface area contributed by atoms with E-state index in [0.29, 0.717) is 35.3 Å². The number of alkyl halides is 2. The zero-order chi connectivity index (χ0) is 24.0. The normalized spacial score (nSPS) is 14.9. The summed E-state index contributed by atoms with van der Waals surface area (Å²) in [5.41, 5.74) is -0.0179. The van der Waals surface area contributed by atoms with Crippen molar-refractivity contribution in [3.63, 3.8) is 0 Å². The highest BCUT2D eigenvalue weighted by molar-refractivity contribution is 7.90. The van der Waals surface area contributed by atoms with Gasteiger partial charge in [0.05, 0.1) is 23.2 Å². The monoisotopic (exact) mass is 489 g/mol. The Morgan fingerprint density at radius 1 is 1.00 bits per heavy atom. The summed E-state index contributed by atoms with van der Waals surface area (Å²) in [7, 11) is -2.86. The molecule has 0 atom stereocenters. The van der Waals surface area contributed by atoms with Crippen LogP contribution in [0.5, 0.6) is 5.75 Å². The molecule has 10 heteroatoms. The maximum atomic E-state index is 14.1. The van der Waals surface area contributed by atoms with E-state index in [1.807, 2.05) is 4.90 Å². The molecule has 0 unspecified atom stereocenters. The van der Waals surface area contributed by atoms with Crippen LogP contribution in [-0.4, -0.2) is 45.7 Å². The Labute approximate surface area is 194 Å². The molecule has 0 spiro atoms. The fourth-order valence-corrected chi connectivity index (χ4v) is 6.14. The van der Waals surface area contributed by atoms with Gasteiger partial charge < -0.3 is 15.0 Å². The van der Waals surface area contributed by atoms with E-state index in [9.17, 15) is 21.6 Å². The number of piperazine rings is 1. The Bertz CT molecular complexity index is 1500. The molecule has 0 amide bonds. The molecular weight excluding hydrogens is 467 g/mol. The van der Waals surface area contributed by atoms with Crippen molar-refractivity contribution < 1.29 is 26.3 Å². The van der Waals surface area contributed by atoms with Crippen LogP contribution >= 0.6 is 0 Å². The SMILES string of the molecule is COc1c(N2CCNCC2)cc(S(=O)(=O)n2cc(C(F)F)c3ccc(F)cc32)c2ccccc12. The van der Waals surface area contributed by atoms with E-state index in [2.05, 4.69) is 5.32 Å². The number of rotatable bonds is 5. The first-order valence-electron chi connectivity index (χ1n) is 10.7. The molecule has 0 bridgehead atoms. The smallest absolute Gasteiger partial charge is 0.268 e. The topological polar surface area (TPSA) is 63.6 Å². The molecule has 1 aliphatic heterocycles. The quantitative estimate of drug-likeness (QED) is 0.447. The molecule has 0 radical (unpaired) electrons. The number of hydrogen-bond acceptors (Lipinski definition) is 5. The fraction of sp³-hybridized carbons (Fsp3) is 0.250. The second-order valence-corrected chi connectivity index (χ2v) is 9.84. The van der Waals surface area contributed by atoms with E-state index >= 15 is 0 Å². The highest BCUT2D eigenvalue weighted by atomic mass is 32.2. The number of aromatic nitrogens is 1. The van der Waals surface area contributed by atoms with Crippen LogP contribution in [0.15, 0.2) is 59.6 Å². The van der Waals surface area contributed by atoms with E-state index in [1.54, 1.807) is 24.3 Å². The van der Waals surface area contributed by atoms with Gasteiger partial charge in [-0.15, -0.1) is 0 Å². The minimum Gasteiger partial charge on any atom is -0.494 e. The second kappa shape index (κ2) is 8.52. The summed E-state index contributed by atoms with van der Waals surface area (Å²) >= 11 is 0. The van der Waals surface area contributed by atoms with Crippen LogP contribution < -0.4 is 15.0 Å². The van der Waals surface area contributed by atoms with Crippen molar-refractivity contribution in [3.8, 4) is 5.75 Å². The molecule has 2 heterocycles. The van der Waals surface area contributed by atoms with Crippen LogP contribution in [0.2, 0.25) is 0 Å². The van der Waals surface area contributed by atoms with Crippen molar-refractivity contribution in [1.82, 2.24) is 9.29 Å². The summed E-state index contributed by atoms with van der Waals surface area (Å²) in [5.74, 6) is -0.183. The van der Waals surface area contributed by atoms with Gasteiger partial charge in [0.25, 0.3) is 16.4 Å². The molecule has 1 fully saturated rings. The van der Waals surface area contributed by atoms with Crippen molar-refractivity contribution in [2.24, 2.45) is 0 Å². The van der Waals surface area contributed by atoms with E-state index in [-0.39, 0.29) is 15.8 Å². The number of anilines is 1. The number of halogens is 3. The number of nitrogens with one attached hydrogen (secondary N) is 1. The van der Waals surface area contributed by atoms with Crippen LogP contribution in [0.3, 0.4) is 0 Å². The lowest BCUT2D eigenvalue weighted by atomic mass is 10.1. The lowest BCUT2D eigenvalue weighted by Gasteiger charge is -2.31. The van der Waals surface area contributed by atoms with Crippen molar-refractivity contribution in [2.75, 3.05) is 38.2 Å². The van der Waals surface area contributed by atoms with Gasteiger partial charge >= 0.3 is 0 Å². The van der Waals surface area contributed by atoms with Crippen LogP contribution in [0, 0.1) is 5.82 Å². The minimum absolute atomic E-state index is 0.0138. The molecular formula is C24H22F3N3O3S. The average molecular weight is 490 g/mol. The van der Waals surface area contributed by atoms with Crippen LogP contribution in [0.4, 0.5) is 18.9 Å². The first kappa shape index (κ1) is 22.5. The molecule has 3 aromatic carbocycles. The van der Waals surface area contributed by atoms with Crippen LogP contribution in [0.25, 0.3) is 21.7 Å². The van der Waals surface area contributed by atoms with E-state index in [1.165, 1.54) is 19.2 Å². The molecule has 1 aromatic heterocycles. The number of fused-ring (bicyclic) bond motifs is 2. The fourth-order valence-electron chi connectivity index (χ4n) is 4.55. The third kappa shape index (κ3) is 3.57. The largest absolute Gasteiger partial charge is 0.494 e. The van der Waals surface area contributed by atoms with Gasteiger partial charge in [-0.25, -0.2) is 25.6 Å². The molecule has 0 aliphatic carbocycles. The van der Waals surface area contributed by atoms with E-state index in [0.717, 1.165) is 35.4 Å². The number of nitrogens with zero attached hydrogens (tertiary/aromatic N) is 2. The Kier molecular flexibility index (Phi) is 5.65. The summed E-state index contributed by atoms with van der Waals surface area (Å²) in [6.07, 6.45) is -2.04. The number of benzene rings is 3. The third-order valence-corrected chi connectivity index (χ3v) is 7.85. The zero-order valence-electron chi connectivity index (χ0n) is 18.3. The minimum atomic E-state index is -4.39. The van der Waals surface area contributed by atoms with Gasteiger partial charge in [0.2, 0.25) is 0 Å². The maximum absolute atomic E-state index is 14.1. The van der Waals surface area contributed by atoms with Crippen LogP contribution in [-0.2, 0) is 10.0 Å². The van der Waals surface area contributed by atoms with Gasteiger partial charge in [0, 0.05) is 54.1 Å². The van der Waals surface area contributed by atoms with Gasteiger partial charge in [-0.2, -0.15) is 0 Å². The number of methoxy groups -OCH3 is 1. The standard InChI is InChI=1S/C24H22F3N3O3S/c1-33-23-18-5-3-2-4-17(18)22(13-21(23)29-10-8-28-9-11-29)34(31,32)30-14-19(24(26)27)16-7-6-15(25)12-20(16)30/h2-7,12-14,24,28H,8-11H2,1H3. The predicted molar refractivity (Wildman–Crippen MR) is 125 cm³/mol. The Morgan fingerprint density at radius 2 is 1.71 bits per heavy atom. The average Bonchev–Trinajstić information content (AvgIpc) is 3.23. The van der Waals surface area contributed by atoms with Crippen molar-refractivity contribution >= 4 is 37.4 Å². The zero-order valence-corrected chi connectivity index (χ0v) is 19.1. The molecule has 1 aliphatic rings. The lowest BCUT2D eigenvalue weighted by Crippen LogP contribution is -2.43. The molecule has 6 nitrogen and oxygen atoms in total. The molecule has 178 valence electrons. The Morgan fingerprint density at radius 3 is 2.38 bits per heavy atom. The van der Waals surface area contributed by atoms with Crippen molar-refractivity contribution in [3.05, 3.63) is 66.1 Å². The van der Waals surface area contributed by atoms with Gasteiger partial charge in [-0.3, -0.25) is 0 Å². The summed E-state index contributed by atoms with van der Waals surface area (Å²) in [6, 6.07) is 11.6. The maximum Gasteiger partial charge on any atom is 0.268 e. The van der Waals surface area contributed by atoms with E-state index < -0.39 is 27.8 Å². The second-order valence-electron chi connectivity index (χ2n) is 8.06. The van der Waals surface area contributed by atoms with E-state index in [4.69, 9.17) is 4.74 Å². The van der Waals surface area contributed by atoms with Gasteiger partial charge in [0.1, 0.15) is 11.6 Å². The number of hydrogen-bond donors (Lipinski definition) is 1. The molecule has 1 saturated heterocycles. The molecule has 4 aromatic rings. The highest BCUT2D eigenvalue weighted by Crippen LogP contribution is 2.42. The van der Waals surface area contributed by atoms with Crippen molar-refractivity contribution in [2.45, 2.75) is 11.3 Å². The lowest BCUT2D eigenvalue weighted by molar-refractivity contribution is 0.153. The van der Waals surface area contributed by atoms with Crippen LogP contribution in [0.1, 0.15) is 12.0 Å². The first-order chi connectivity index (χ1) is 16.3. The Hall–Kier alpha value is -3.24. The Balaban J connectivity index is 1.82. The summed E-state index contributed by atoms with van der Waals surface area (Å²) in [6.45, 7) is 2.72. The van der Waals surface area contributed by atoms with Gasteiger partial charge in [0.15, 0.2) is 0 Å². The van der Waals surface area contributed by atoms with Gasteiger partial charge in [-0.05, 0) is 24.3 Å². The summed E-state index contributed by atoms with van der Waals surface area (Å²) in [5, 5.41) is 4.21. The van der Waals surface area contributed by atoms with Crippen molar-refractivity contribution in [1.29, 1.82) is 0 Å². The highest BCUT2D eigenvalue weighted by Gasteiger charge is 2.29. The van der Waals surface area contributed by atoms with Gasteiger partial charge in [-0.1, -0.05) is 24.3 Å². The summed E-state index contributed by atoms with van der Waals surface area (Å²) in [4.78, 5) is 1.96. The molecule has 5 rings (SSSR count).